The molecule has 3 rings (SSSR count). The van der Waals surface area contributed by atoms with E-state index in [1.54, 1.807) is 0 Å². The summed E-state index contributed by atoms with van der Waals surface area (Å²) < 4.78 is 5.21. The molecule has 0 saturated carbocycles. The SMILES string of the molecule is CCC1CCCCN1C(=O)COC(=O)CSc1ccc2c(c1)CCC2. The van der Waals surface area contributed by atoms with Gasteiger partial charge >= 0.3 is 5.97 Å². The summed E-state index contributed by atoms with van der Waals surface area (Å²) >= 11 is 1.49. The highest BCUT2D eigenvalue weighted by Gasteiger charge is 2.25. The highest BCUT2D eigenvalue weighted by Crippen LogP contribution is 2.27. The van der Waals surface area contributed by atoms with Crippen LogP contribution in [0.25, 0.3) is 0 Å². The lowest BCUT2D eigenvalue weighted by molar-refractivity contribution is -0.151. The van der Waals surface area contributed by atoms with Gasteiger partial charge in [-0.2, -0.15) is 0 Å². The van der Waals surface area contributed by atoms with Crippen LogP contribution in [0, 0.1) is 0 Å². The summed E-state index contributed by atoms with van der Waals surface area (Å²) in [7, 11) is 0. The van der Waals surface area contributed by atoms with Gasteiger partial charge in [0.1, 0.15) is 0 Å². The van der Waals surface area contributed by atoms with Gasteiger partial charge in [0.2, 0.25) is 0 Å². The third-order valence-electron chi connectivity index (χ3n) is 5.20. The fourth-order valence-corrected chi connectivity index (χ4v) is 4.56. The highest BCUT2D eigenvalue weighted by molar-refractivity contribution is 8.00. The first-order valence-corrected chi connectivity index (χ1v) is 10.4. The van der Waals surface area contributed by atoms with Gasteiger partial charge in [0.15, 0.2) is 6.61 Å². The molecule has 1 saturated heterocycles. The molecule has 0 bridgehead atoms. The van der Waals surface area contributed by atoms with E-state index in [0.29, 0.717) is 6.04 Å². The number of hydrogen-bond donors (Lipinski definition) is 0. The van der Waals surface area contributed by atoms with Crippen LogP contribution in [0.1, 0.15) is 50.2 Å². The van der Waals surface area contributed by atoms with E-state index < -0.39 is 0 Å². The van der Waals surface area contributed by atoms with Crippen molar-refractivity contribution in [3.05, 3.63) is 29.3 Å². The number of amides is 1. The Hall–Kier alpha value is -1.49. The molecule has 1 fully saturated rings. The van der Waals surface area contributed by atoms with E-state index in [2.05, 4.69) is 25.1 Å². The summed E-state index contributed by atoms with van der Waals surface area (Å²) in [4.78, 5) is 27.3. The molecular weight excluding hydrogens is 334 g/mol. The predicted molar refractivity (Wildman–Crippen MR) is 99.8 cm³/mol. The molecule has 0 N–H and O–H groups in total. The average molecular weight is 362 g/mol. The molecule has 2 aliphatic rings. The van der Waals surface area contributed by atoms with Crippen LogP contribution in [0.5, 0.6) is 0 Å². The molecule has 1 atom stereocenters. The molecule has 136 valence electrons. The van der Waals surface area contributed by atoms with Gasteiger partial charge in [-0.15, -0.1) is 11.8 Å². The van der Waals surface area contributed by atoms with Crippen molar-refractivity contribution in [3.8, 4) is 0 Å². The molecule has 5 heteroatoms. The second kappa shape index (κ2) is 8.75. The second-order valence-corrected chi connectivity index (χ2v) is 7.93. The Balaban J connectivity index is 1.42. The summed E-state index contributed by atoms with van der Waals surface area (Å²) in [6.45, 7) is 2.77. The Morgan fingerprint density at radius 1 is 1.20 bits per heavy atom. The summed E-state index contributed by atoms with van der Waals surface area (Å²) in [5.74, 6) is -0.116. The van der Waals surface area contributed by atoms with E-state index in [1.165, 1.54) is 42.2 Å². The van der Waals surface area contributed by atoms with Crippen molar-refractivity contribution in [2.75, 3.05) is 18.9 Å². The number of carbonyl (C=O) groups is 2. The van der Waals surface area contributed by atoms with Gasteiger partial charge in [-0.1, -0.05) is 13.0 Å². The third kappa shape index (κ3) is 4.78. The van der Waals surface area contributed by atoms with Crippen molar-refractivity contribution in [2.24, 2.45) is 0 Å². The van der Waals surface area contributed by atoms with E-state index in [9.17, 15) is 9.59 Å². The first-order chi connectivity index (χ1) is 12.2. The van der Waals surface area contributed by atoms with Crippen LogP contribution >= 0.6 is 11.8 Å². The number of piperidine rings is 1. The summed E-state index contributed by atoms with van der Waals surface area (Å²) in [6, 6.07) is 6.74. The van der Waals surface area contributed by atoms with Gasteiger partial charge in [0.25, 0.3) is 5.91 Å². The predicted octanol–water partition coefficient (Wildman–Crippen LogP) is 3.60. The molecule has 1 aliphatic carbocycles. The Morgan fingerprint density at radius 2 is 2.04 bits per heavy atom. The van der Waals surface area contributed by atoms with Gasteiger partial charge in [0.05, 0.1) is 5.75 Å². The minimum atomic E-state index is -0.316. The fourth-order valence-electron chi connectivity index (χ4n) is 3.80. The summed E-state index contributed by atoms with van der Waals surface area (Å²) in [5.41, 5.74) is 2.84. The van der Waals surface area contributed by atoms with E-state index >= 15 is 0 Å². The van der Waals surface area contributed by atoms with E-state index in [1.807, 2.05) is 4.90 Å². The molecule has 1 heterocycles. The number of rotatable bonds is 6. The van der Waals surface area contributed by atoms with Crippen molar-refractivity contribution < 1.29 is 14.3 Å². The number of aryl methyl sites for hydroxylation is 2. The van der Waals surface area contributed by atoms with Gasteiger partial charge < -0.3 is 9.64 Å². The summed E-state index contributed by atoms with van der Waals surface area (Å²) in [5, 5.41) is 0. The van der Waals surface area contributed by atoms with Crippen LogP contribution < -0.4 is 0 Å². The number of benzene rings is 1. The molecule has 0 aromatic heterocycles. The minimum Gasteiger partial charge on any atom is -0.455 e. The Morgan fingerprint density at radius 3 is 2.88 bits per heavy atom. The fraction of sp³-hybridized carbons (Fsp3) is 0.600. The van der Waals surface area contributed by atoms with Crippen molar-refractivity contribution in [3.63, 3.8) is 0 Å². The van der Waals surface area contributed by atoms with Gasteiger partial charge in [-0.25, -0.2) is 0 Å². The molecule has 0 radical (unpaired) electrons. The molecule has 4 nitrogen and oxygen atoms in total. The lowest BCUT2D eigenvalue weighted by atomic mass is 10.00. The lowest BCUT2D eigenvalue weighted by Crippen LogP contribution is -2.45. The van der Waals surface area contributed by atoms with Crippen LogP contribution in [0.4, 0.5) is 0 Å². The molecule has 1 aromatic rings. The van der Waals surface area contributed by atoms with E-state index in [-0.39, 0.29) is 24.2 Å². The minimum absolute atomic E-state index is 0.0533. The number of fused-ring (bicyclic) bond motifs is 1. The summed E-state index contributed by atoms with van der Waals surface area (Å²) in [6.07, 6.45) is 7.78. The third-order valence-corrected chi connectivity index (χ3v) is 6.17. The molecule has 1 unspecified atom stereocenters. The maximum Gasteiger partial charge on any atom is 0.316 e. The first kappa shape index (κ1) is 18.3. The van der Waals surface area contributed by atoms with Crippen molar-refractivity contribution >= 4 is 23.6 Å². The van der Waals surface area contributed by atoms with Gasteiger partial charge in [0, 0.05) is 17.5 Å². The Kier molecular flexibility index (Phi) is 6.40. The zero-order chi connectivity index (χ0) is 17.6. The Labute approximate surface area is 154 Å². The number of ether oxygens (including phenoxy) is 1. The van der Waals surface area contributed by atoms with Crippen molar-refractivity contribution in [1.29, 1.82) is 0 Å². The van der Waals surface area contributed by atoms with Gasteiger partial charge in [-0.3, -0.25) is 9.59 Å². The van der Waals surface area contributed by atoms with E-state index in [4.69, 9.17) is 4.74 Å². The van der Waals surface area contributed by atoms with Crippen molar-refractivity contribution in [2.45, 2.75) is 62.8 Å². The number of nitrogens with zero attached hydrogens (tertiary/aromatic N) is 1. The van der Waals surface area contributed by atoms with Crippen molar-refractivity contribution in [1.82, 2.24) is 4.90 Å². The standard InChI is InChI=1S/C20H27NO3S/c1-2-17-8-3-4-11-21(17)19(22)13-24-20(23)14-25-18-10-9-15-6-5-7-16(15)12-18/h9-10,12,17H,2-8,11,13-14H2,1H3. The number of likely N-dealkylation sites (tertiary alicyclic amines) is 1. The van der Waals surface area contributed by atoms with Gasteiger partial charge in [-0.05, 0) is 68.2 Å². The Bertz CT molecular complexity index is 631. The normalized spacial score (nSPS) is 19.6. The molecular formula is C20H27NO3S. The largest absolute Gasteiger partial charge is 0.455 e. The van der Waals surface area contributed by atoms with Crippen LogP contribution in [0.2, 0.25) is 0 Å². The maximum absolute atomic E-state index is 12.3. The van der Waals surface area contributed by atoms with Crippen LogP contribution in [-0.4, -0.2) is 41.7 Å². The van der Waals surface area contributed by atoms with Crippen LogP contribution in [0.15, 0.2) is 23.1 Å². The lowest BCUT2D eigenvalue weighted by Gasteiger charge is -2.35. The molecule has 1 amide bonds. The van der Waals surface area contributed by atoms with E-state index in [0.717, 1.165) is 37.1 Å². The topological polar surface area (TPSA) is 46.6 Å². The quantitative estimate of drug-likeness (QED) is 0.574. The molecule has 1 aliphatic heterocycles. The molecule has 1 aromatic carbocycles. The van der Waals surface area contributed by atoms with Crippen LogP contribution in [0.3, 0.4) is 0 Å². The number of thioether (sulfide) groups is 1. The monoisotopic (exact) mass is 361 g/mol. The second-order valence-electron chi connectivity index (χ2n) is 6.88. The number of esters is 1. The number of hydrogen-bond acceptors (Lipinski definition) is 4. The first-order valence-electron chi connectivity index (χ1n) is 9.37. The highest BCUT2D eigenvalue weighted by atomic mass is 32.2. The zero-order valence-corrected chi connectivity index (χ0v) is 15.8. The average Bonchev–Trinajstić information content (AvgIpc) is 3.12. The smallest absolute Gasteiger partial charge is 0.316 e. The maximum atomic E-state index is 12.3. The number of carbonyl (C=O) groups excluding carboxylic acids is 2. The molecule has 25 heavy (non-hydrogen) atoms. The zero-order valence-electron chi connectivity index (χ0n) is 15.0. The van der Waals surface area contributed by atoms with Crippen LogP contribution in [-0.2, 0) is 27.2 Å². The molecule has 0 spiro atoms.